The number of aromatic nitrogens is 1. The maximum Gasteiger partial charge on any atom is 0.267 e. The summed E-state index contributed by atoms with van der Waals surface area (Å²) in [5, 5.41) is 0. The Hall–Kier alpha value is -1.28. The van der Waals surface area contributed by atoms with Crippen LogP contribution in [0.2, 0.25) is 0 Å². The van der Waals surface area contributed by atoms with Gasteiger partial charge in [-0.1, -0.05) is 6.42 Å². The summed E-state index contributed by atoms with van der Waals surface area (Å²) in [5.41, 5.74) is 5.05. The molecule has 1 aliphatic carbocycles. The molecule has 2 atom stereocenters. The van der Waals surface area contributed by atoms with Gasteiger partial charge in [0.05, 0.1) is 0 Å². The van der Waals surface area contributed by atoms with Gasteiger partial charge in [-0.2, -0.15) is 0 Å². The monoisotopic (exact) mass is 427 g/mol. The molecular weight excluding hydrogens is 397 g/mol. The SMILES string of the molecule is COC1(c2ccnc(C(N)=O)c2)C2CCCC1CN(CC1(F)CCOCC1)C2.Cl. The lowest BCUT2D eigenvalue weighted by Gasteiger charge is -2.56. The summed E-state index contributed by atoms with van der Waals surface area (Å²) < 4.78 is 26.8. The third-order valence-corrected chi connectivity index (χ3v) is 6.97. The van der Waals surface area contributed by atoms with Gasteiger partial charge in [0.15, 0.2) is 0 Å². The Balaban J connectivity index is 0.00000240. The molecule has 1 amide bonds. The number of likely N-dealkylation sites (tertiary alicyclic amines) is 1. The standard InChI is InChI=1S/C21H30FN3O3.ClH/c1-27-21(15-5-8-24-18(11-15)19(23)26)16-3-2-4-17(21)13-25(12-16)14-20(22)6-9-28-10-7-20;/h5,8,11,16-17H,2-4,6-7,9-10,12-14H2,1H3,(H2,23,26);1H. The molecule has 2 unspecified atom stereocenters. The fourth-order valence-electron chi connectivity index (χ4n) is 5.68. The van der Waals surface area contributed by atoms with Crippen molar-refractivity contribution in [1.29, 1.82) is 0 Å². The predicted octanol–water partition coefficient (Wildman–Crippen LogP) is 2.69. The lowest BCUT2D eigenvalue weighted by Crippen LogP contribution is -2.61. The number of halogens is 2. The first-order chi connectivity index (χ1) is 13.5. The summed E-state index contributed by atoms with van der Waals surface area (Å²) in [7, 11) is 1.75. The summed E-state index contributed by atoms with van der Waals surface area (Å²) in [4.78, 5) is 18.0. The number of piperidine rings is 1. The molecule has 0 radical (unpaired) electrons. The first kappa shape index (κ1) is 22.4. The fourth-order valence-corrected chi connectivity index (χ4v) is 5.68. The van der Waals surface area contributed by atoms with Gasteiger partial charge in [0.2, 0.25) is 0 Å². The van der Waals surface area contributed by atoms with E-state index >= 15 is 4.39 Å². The van der Waals surface area contributed by atoms with E-state index in [-0.39, 0.29) is 29.9 Å². The van der Waals surface area contributed by atoms with Gasteiger partial charge in [-0.3, -0.25) is 14.7 Å². The maximum atomic E-state index is 15.3. The molecule has 0 spiro atoms. The number of carbonyl (C=O) groups is 1. The van der Waals surface area contributed by atoms with Crippen molar-refractivity contribution in [3.8, 4) is 0 Å². The number of nitrogens with zero attached hydrogens (tertiary/aromatic N) is 2. The second-order valence-electron chi connectivity index (χ2n) is 8.57. The highest BCUT2D eigenvalue weighted by Gasteiger charge is 2.54. The number of carbonyl (C=O) groups excluding carboxylic acids is 1. The minimum absolute atomic E-state index is 0. The van der Waals surface area contributed by atoms with Gasteiger partial charge in [-0.15, -0.1) is 12.4 Å². The Morgan fingerprint density at radius 2 is 2.00 bits per heavy atom. The topological polar surface area (TPSA) is 77.7 Å². The molecule has 0 aromatic carbocycles. The van der Waals surface area contributed by atoms with Gasteiger partial charge >= 0.3 is 0 Å². The first-order valence-corrected chi connectivity index (χ1v) is 10.3. The number of ether oxygens (including phenoxy) is 2. The Bertz CT molecular complexity index is 715. The van der Waals surface area contributed by atoms with E-state index in [4.69, 9.17) is 15.2 Å². The lowest BCUT2D eigenvalue weighted by atomic mass is 9.62. The van der Waals surface area contributed by atoms with Crippen LogP contribution in [0.15, 0.2) is 18.3 Å². The summed E-state index contributed by atoms with van der Waals surface area (Å²) in [6.07, 6.45) is 5.78. The van der Waals surface area contributed by atoms with Crippen LogP contribution in [-0.4, -0.2) is 61.4 Å². The molecule has 1 aromatic heterocycles. The molecule has 2 saturated heterocycles. The van der Waals surface area contributed by atoms with E-state index in [1.54, 1.807) is 19.4 Å². The summed E-state index contributed by atoms with van der Waals surface area (Å²) >= 11 is 0. The Kier molecular flexibility index (Phi) is 6.83. The Morgan fingerprint density at radius 1 is 1.34 bits per heavy atom. The molecule has 8 heteroatoms. The smallest absolute Gasteiger partial charge is 0.267 e. The van der Waals surface area contributed by atoms with E-state index in [2.05, 4.69) is 9.88 Å². The van der Waals surface area contributed by atoms with Crippen LogP contribution in [0.4, 0.5) is 4.39 Å². The van der Waals surface area contributed by atoms with Crippen LogP contribution in [0, 0.1) is 11.8 Å². The molecule has 3 fully saturated rings. The average Bonchev–Trinajstić information content (AvgIpc) is 2.67. The summed E-state index contributed by atoms with van der Waals surface area (Å²) in [5.74, 6) is -0.0391. The van der Waals surface area contributed by atoms with Crippen LogP contribution in [0.25, 0.3) is 0 Å². The number of nitrogens with two attached hydrogens (primary N) is 1. The van der Waals surface area contributed by atoms with Crippen LogP contribution >= 0.6 is 12.4 Å². The van der Waals surface area contributed by atoms with Crippen molar-refractivity contribution >= 4 is 18.3 Å². The largest absolute Gasteiger partial charge is 0.381 e. The van der Waals surface area contributed by atoms with Crippen molar-refractivity contribution in [2.24, 2.45) is 17.6 Å². The maximum absolute atomic E-state index is 15.3. The van der Waals surface area contributed by atoms with Crippen LogP contribution < -0.4 is 5.73 Å². The van der Waals surface area contributed by atoms with E-state index < -0.39 is 17.2 Å². The van der Waals surface area contributed by atoms with E-state index in [1.807, 2.05) is 6.07 Å². The van der Waals surface area contributed by atoms with Gasteiger partial charge in [0.1, 0.15) is 17.0 Å². The van der Waals surface area contributed by atoms with E-state index in [0.29, 0.717) is 32.6 Å². The van der Waals surface area contributed by atoms with E-state index in [9.17, 15) is 4.79 Å². The number of hydrogen-bond acceptors (Lipinski definition) is 5. The van der Waals surface area contributed by atoms with Crippen molar-refractivity contribution < 1.29 is 18.7 Å². The number of fused-ring (bicyclic) bond motifs is 2. The zero-order valence-corrected chi connectivity index (χ0v) is 17.8. The molecule has 29 heavy (non-hydrogen) atoms. The van der Waals surface area contributed by atoms with Crippen molar-refractivity contribution in [3.63, 3.8) is 0 Å². The first-order valence-electron chi connectivity index (χ1n) is 10.3. The zero-order chi connectivity index (χ0) is 19.8. The Labute approximate surface area is 177 Å². The molecule has 2 bridgehead atoms. The van der Waals surface area contributed by atoms with Crippen LogP contribution in [0.3, 0.4) is 0 Å². The highest BCUT2D eigenvalue weighted by atomic mass is 35.5. The number of pyridine rings is 1. The molecule has 162 valence electrons. The molecular formula is C21H31ClFN3O3. The summed E-state index contributed by atoms with van der Waals surface area (Å²) in [6, 6.07) is 3.72. The van der Waals surface area contributed by atoms with Crippen molar-refractivity contribution in [3.05, 3.63) is 29.6 Å². The highest BCUT2D eigenvalue weighted by molar-refractivity contribution is 5.90. The second kappa shape index (κ2) is 8.84. The molecule has 1 saturated carbocycles. The van der Waals surface area contributed by atoms with Gasteiger partial charge in [-0.05, 0) is 30.5 Å². The van der Waals surface area contributed by atoms with Crippen molar-refractivity contribution in [2.45, 2.75) is 43.4 Å². The second-order valence-corrected chi connectivity index (χ2v) is 8.57. The van der Waals surface area contributed by atoms with Gasteiger partial charge in [0, 0.05) is 70.8 Å². The molecule has 3 heterocycles. The van der Waals surface area contributed by atoms with E-state index in [0.717, 1.165) is 37.9 Å². The number of primary amides is 1. The number of rotatable bonds is 5. The van der Waals surface area contributed by atoms with Crippen LogP contribution in [0.5, 0.6) is 0 Å². The summed E-state index contributed by atoms with van der Waals surface area (Å²) in [6.45, 7) is 3.07. The number of hydrogen-bond donors (Lipinski definition) is 1. The quantitative estimate of drug-likeness (QED) is 0.781. The van der Waals surface area contributed by atoms with Crippen LogP contribution in [0.1, 0.15) is 48.2 Å². The Morgan fingerprint density at radius 3 is 2.59 bits per heavy atom. The minimum atomic E-state index is -1.16. The average molecular weight is 428 g/mol. The van der Waals surface area contributed by atoms with E-state index in [1.165, 1.54) is 0 Å². The normalized spacial score (nSPS) is 31.7. The lowest BCUT2D eigenvalue weighted by molar-refractivity contribution is -0.175. The predicted molar refractivity (Wildman–Crippen MR) is 110 cm³/mol. The molecule has 2 N–H and O–H groups in total. The molecule has 2 aliphatic heterocycles. The number of alkyl halides is 1. The van der Waals surface area contributed by atoms with Crippen LogP contribution in [-0.2, 0) is 15.1 Å². The number of methoxy groups -OCH3 is 1. The third-order valence-electron chi connectivity index (χ3n) is 6.97. The molecule has 6 nitrogen and oxygen atoms in total. The highest BCUT2D eigenvalue weighted by Crippen LogP contribution is 2.51. The third kappa shape index (κ3) is 4.15. The number of amides is 1. The fraction of sp³-hybridized carbons (Fsp3) is 0.714. The van der Waals surface area contributed by atoms with Crippen molar-refractivity contribution in [1.82, 2.24) is 9.88 Å². The molecule has 4 rings (SSSR count). The minimum Gasteiger partial charge on any atom is -0.381 e. The zero-order valence-electron chi connectivity index (χ0n) is 16.9. The molecule has 3 aliphatic rings. The van der Waals surface area contributed by atoms with Gasteiger partial charge in [0.25, 0.3) is 5.91 Å². The van der Waals surface area contributed by atoms with Gasteiger partial charge in [-0.25, -0.2) is 4.39 Å². The molecule has 1 aromatic rings. The van der Waals surface area contributed by atoms with Gasteiger partial charge < -0.3 is 15.2 Å². The van der Waals surface area contributed by atoms with Crippen molar-refractivity contribution in [2.75, 3.05) is 40.0 Å².